The third-order valence-electron chi connectivity index (χ3n) is 6.15. The fraction of sp³-hybridized carbons (Fsp3) is 0.579. The molecule has 0 radical (unpaired) electrons. The Bertz CT molecular complexity index is 802. The number of aromatic nitrogens is 2. The van der Waals surface area contributed by atoms with Crippen LogP contribution in [0.3, 0.4) is 0 Å². The smallest absolute Gasteiger partial charge is 0.252 e. The summed E-state index contributed by atoms with van der Waals surface area (Å²) >= 11 is 0. The van der Waals surface area contributed by atoms with Gasteiger partial charge in [0.1, 0.15) is 5.65 Å². The number of carbonyl (C=O) groups excluding carboxylic acids is 1. The summed E-state index contributed by atoms with van der Waals surface area (Å²) < 4.78 is 5.92. The Labute approximate surface area is 147 Å². The lowest BCUT2D eigenvalue weighted by Crippen LogP contribution is -2.50. The number of rotatable bonds is 4. The van der Waals surface area contributed by atoms with Gasteiger partial charge in [0.05, 0.1) is 16.9 Å². The summed E-state index contributed by atoms with van der Waals surface area (Å²) in [7, 11) is 1.85. The average Bonchev–Trinajstić information content (AvgIpc) is 3.06. The second-order valence-electron chi connectivity index (χ2n) is 7.84. The number of primary amides is 1. The van der Waals surface area contributed by atoms with Crippen LogP contribution in [0.25, 0.3) is 11.0 Å². The molecule has 2 aromatic heterocycles. The number of H-pyrrole nitrogens is 1. The molecule has 4 rings (SSSR count). The van der Waals surface area contributed by atoms with Gasteiger partial charge in [-0.2, -0.15) is 0 Å². The lowest BCUT2D eigenvalue weighted by Gasteiger charge is -2.50. The molecule has 2 fully saturated rings. The zero-order valence-electron chi connectivity index (χ0n) is 14.8. The second-order valence-corrected chi connectivity index (χ2v) is 7.84. The van der Waals surface area contributed by atoms with E-state index in [4.69, 9.17) is 10.5 Å². The number of fused-ring (bicyclic) bond motifs is 3. The van der Waals surface area contributed by atoms with Crippen LogP contribution in [-0.4, -0.2) is 34.6 Å². The number of anilines is 1. The van der Waals surface area contributed by atoms with E-state index in [2.05, 4.69) is 22.2 Å². The zero-order chi connectivity index (χ0) is 17.6. The summed E-state index contributed by atoms with van der Waals surface area (Å²) in [4.78, 5) is 19.3. The van der Waals surface area contributed by atoms with Crippen LogP contribution >= 0.6 is 0 Å². The van der Waals surface area contributed by atoms with E-state index in [0.29, 0.717) is 23.4 Å². The number of methoxy groups -OCH3 is 1. The third kappa shape index (κ3) is 2.78. The van der Waals surface area contributed by atoms with Gasteiger partial charge in [0.2, 0.25) is 0 Å². The van der Waals surface area contributed by atoms with Crippen molar-refractivity contribution in [2.45, 2.75) is 50.7 Å². The van der Waals surface area contributed by atoms with Crippen molar-refractivity contribution in [3.8, 4) is 0 Å². The molecule has 6 nitrogen and oxygen atoms in total. The predicted molar refractivity (Wildman–Crippen MR) is 97.5 cm³/mol. The number of hydrogen-bond donors (Lipinski definition) is 3. The van der Waals surface area contributed by atoms with Crippen LogP contribution in [0.4, 0.5) is 5.69 Å². The van der Waals surface area contributed by atoms with Gasteiger partial charge in [-0.3, -0.25) is 4.79 Å². The minimum Gasteiger partial charge on any atom is -0.381 e. The number of aromatic amines is 1. The maximum Gasteiger partial charge on any atom is 0.252 e. The van der Waals surface area contributed by atoms with E-state index in [-0.39, 0.29) is 5.60 Å². The Morgan fingerprint density at radius 1 is 1.48 bits per heavy atom. The van der Waals surface area contributed by atoms with Gasteiger partial charge in [0.15, 0.2) is 0 Å². The summed E-state index contributed by atoms with van der Waals surface area (Å²) in [5.74, 6) is 0.751. The highest BCUT2D eigenvalue weighted by Gasteiger charge is 2.46. The van der Waals surface area contributed by atoms with Crippen LogP contribution < -0.4 is 11.1 Å². The predicted octanol–water partition coefficient (Wildman–Crippen LogP) is 3.06. The van der Waals surface area contributed by atoms with Crippen LogP contribution in [0.15, 0.2) is 18.5 Å². The van der Waals surface area contributed by atoms with E-state index in [1.807, 2.05) is 19.4 Å². The van der Waals surface area contributed by atoms with Gasteiger partial charge < -0.3 is 20.8 Å². The Balaban J connectivity index is 1.66. The van der Waals surface area contributed by atoms with Crippen molar-refractivity contribution in [3.63, 3.8) is 0 Å². The van der Waals surface area contributed by atoms with Crippen molar-refractivity contribution in [2.24, 2.45) is 17.6 Å². The van der Waals surface area contributed by atoms with Crippen molar-refractivity contribution in [3.05, 3.63) is 24.0 Å². The number of nitrogens with two attached hydrogens (primary N) is 1. The molecule has 25 heavy (non-hydrogen) atoms. The number of nitrogens with zero attached hydrogens (tertiary/aromatic N) is 1. The first-order valence-electron chi connectivity index (χ1n) is 9.09. The largest absolute Gasteiger partial charge is 0.381 e. The molecule has 2 bridgehead atoms. The molecule has 4 N–H and O–H groups in total. The topological polar surface area (TPSA) is 93.0 Å². The Morgan fingerprint density at radius 3 is 3.08 bits per heavy atom. The van der Waals surface area contributed by atoms with Crippen LogP contribution in [0.5, 0.6) is 0 Å². The first-order chi connectivity index (χ1) is 12.0. The standard InChI is InChI=1S/C19H26N4O2/c1-11-7-12-9-19(8-11,25-2)5-3-15(12)23-16-13-4-6-21-18(13)22-10-14(16)17(20)24/h4,6,10-12,15H,3,5,7-9H2,1-2H3,(H2,20,24)(H2,21,22,23)/t11?,12-,15+,19-/m0/s1. The molecular formula is C19H26N4O2. The van der Waals surface area contributed by atoms with Crippen LogP contribution in [-0.2, 0) is 4.74 Å². The van der Waals surface area contributed by atoms with Gasteiger partial charge in [0, 0.05) is 30.9 Å². The maximum atomic E-state index is 11.9. The van der Waals surface area contributed by atoms with Gasteiger partial charge in [-0.1, -0.05) is 6.92 Å². The normalized spacial score (nSPS) is 31.8. The third-order valence-corrected chi connectivity index (χ3v) is 6.15. The molecule has 0 saturated heterocycles. The van der Waals surface area contributed by atoms with E-state index in [1.54, 1.807) is 6.20 Å². The quantitative estimate of drug-likeness (QED) is 0.796. The van der Waals surface area contributed by atoms with E-state index in [0.717, 1.165) is 42.4 Å². The lowest BCUT2D eigenvalue weighted by atomic mass is 9.63. The molecule has 0 aromatic carbocycles. The lowest BCUT2D eigenvalue weighted by molar-refractivity contribution is -0.0971. The highest BCUT2D eigenvalue weighted by atomic mass is 16.5. The van der Waals surface area contributed by atoms with Crippen LogP contribution in [0.2, 0.25) is 0 Å². The molecule has 2 saturated carbocycles. The van der Waals surface area contributed by atoms with Crippen molar-refractivity contribution < 1.29 is 9.53 Å². The number of pyridine rings is 1. The first-order valence-corrected chi connectivity index (χ1v) is 9.09. The Morgan fingerprint density at radius 2 is 2.32 bits per heavy atom. The molecule has 1 amide bonds. The van der Waals surface area contributed by atoms with Crippen molar-refractivity contribution in [2.75, 3.05) is 12.4 Å². The summed E-state index contributed by atoms with van der Waals surface area (Å²) in [6, 6.07) is 2.27. The minimum absolute atomic E-state index is 0.0364. The fourth-order valence-electron chi connectivity index (χ4n) is 5.04. The average molecular weight is 342 g/mol. The first kappa shape index (κ1) is 16.4. The molecule has 0 aliphatic heterocycles. The highest BCUT2D eigenvalue weighted by molar-refractivity contribution is 6.05. The van der Waals surface area contributed by atoms with Crippen molar-refractivity contribution in [1.29, 1.82) is 0 Å². The van der Waals surface area contributed by atoms with Gasteiger partial charge in [0.25, 0.3) is 5.91 Å². The summed E-state index contributed by atoms with van der Waals surface area (Å²) in [5, 5.41) is 4.58. The number of nitrogens with one attached hydrogen (secondary N) is 2. The molecule has 2 aliphatic carbocycles. The van der Waals surface area contributed by atoms with E-state index >= 15 is 0 Å². The van der Waals surface area contributed by atoms with Gasteiger partial charge in [-0.15, -0.1) is 0 Å². The van der Waals surface area contributed by atoms with Crippen LogP contribution in [0.1, 0.15) is 49.4 Å². The van der Waals surface area contributed by atoms with E-state index in [1.165, 1.54) is 6.42 Å². The van der Waals surface area contributed by atoms with Crippen LogP contribution in [0, 0.1) is 11.8 Å². The molecule has 4 atom stereocenters. The van der Waals surface area contributed by atoms with Gasteiger partial charge in [-0.25, -0.2) is 4.98 Å². The Hall–Kier alpha value is -2.08. The molecule has 2 heterocycles. The molecule has 2 aliphatic rings. The molecular weight excluding hydrogens is 316 g/mol. The molecule has 2 aromatic rings. The molecule has 6 heteroatoms. The minimum atomic E-state index is -0.447. The Kier molecular flexibility index (Phi) is 3.95. The van der Waals surface area contributed by atoms with Gasteiger partial charge in [-0.05, 0) is 50.0 Å². The monoisotopic (exact) mass is 342 g/mol. The summed E-state index contributed by atoms with van der Waals surface area (Å²) in [6.45, 7) is 2.31. The molecule has 0 spiro atoms. The number of ether oxygens (including phenoxy) is 1. The second kappa shape index (κ2) is 6.02. The molecule has 1 unspecified atom stereocenters. The summed E-state index contributed by atoms with van der Waals surface area (Å²) in [6.07, 6.45) is 8.92. The van der Waals surface area contributed by atoms with Crippen molar-refractivity contribution in [1.82, 2.24) is 9.97 Å². The zero-order valence-corrected chi connectivity index (χ0v) is 14.8. The highest BCUT2D eigenvalue weighted by Crippen LogP contribution is 2.48. The van der Waals surface area contributed by atoms with E-state index < -0.39 is 5.91 Å². The maximum absolute atomic E-state index is 11.9. The number of hydrogen-bond acceptors (Lipinski definition) is 4. The number of amides is 1. The van der Waals surface area contributed by atoms with Gasteiger partial charge >= 0.3 is 0 Å². The van der Waals surface area contributed by atoms with E-state index in [9.17, 15) is 4.79 Å². The van der Waals surface area contributed by atoms with Crippen molar-refractivity contribution >= 4 is 22.6 Å². The SMILES string of the molecule is CO[C@@]12CC[C@@H](Nc3c(C(N)=O)cnc4[nH]ccc34)[C@@H](CC(C)C1)C2. The summed E-state index contributed by atoms with van der Waals surface area (Å²) in [5.41, 5.74) is 7.67. The molecule has 134 valence electrons. The fourth-order valence-corrected chi connectivity index (χ4v) is 5.04. The number of carbonyl (C=O) groups is 1.